The summed E-state index contributed by atoms with van der Waals surface area (Å²) in [6, 6.07) is 7.82. The first kappa shape index (κ1) is 18.5. The Morgan fingerprint density at radius 2 is 1.71 bits per heavy atom. The minimum atomic E-state index is -0.363. The van der Waals surface area contributed by atoms with E-state index in [0.717, 1.165) is 62.7 Å². The van der Waals surface area contributed by atoms with Crippen LogP contribution in [0.4, 0.5) is 5.69 Å². The average molecular weight is 330 g/mol. The van der Waals surface area contributed by atoms with Crippen LogP contribution in [0, 0.1) is 0 Å². The monoisotopic (exact) mass is 330 g/mol. The van der Waals surface area contributed by atoms with Crippen molar-refractivity contribution < 1.29 is 9.59 Å². The van der Waals surface area contributed by atoms with Crippen LogP contribution in [0.5, 0.6) is 0 Å². The zero-order chi connectivity index (χ0) is 17.4. The van der Waals surface area contributed by atoms with E-state index >= 15 is 0 Å². The van der Waals surface area contributed by atoms with E-state index in [2.05, 4.69) is 24.5 Å². The Morgan fingerprint density at radius 1 is 1.04 bits per heavy atom. The van der Waals surface area contributed by atoms with Crippen molar-refractivity contribution in [2.75, 3.05) is 11.9 Å². The molecule has 2 amide bonds. The van der Waals surface area contributed by atoms with E-state index < -0.39 is 0 Å². The Labute approximate surface area is 145 Å². The van der Waals surface area contributed by atoms with Gasteiger partial charge in [-0.3, -0.25) is 9.59 Å². The van der Waals surface area contributed by atoms with Crippen molar-refractivity contribution in [3.05, 3.63) is 29.8 Å². The zero-order valence-electron chi connectivity index (χ0n) is 15.0. The summed E-state index contributed by atoms with van der Waals surface area (Å²) in [6.45, 7) is 4.95. The second kappa shape index (κ2) is 8.86. The largest absolute Gasteiger partial charge is 0.355 e. The number of rotatable bonds is 9. The third-order valence-electron chi connectivity index (χ3n) is 4.94. The van der Waals surface area contributed by atoms with Gasteiger partial charge < -0.3 is 10.6 Å². The Bertz CT molecular complexity index is 547. The lowest BCUT2D eigenvalue weighted by molar-refractivity contribution is -0.130. The highest BCUT2D eigenvalue weighted by atomic mass is 16.2. The fourth-order valence-corrected chi connectivity index (χ4v) is 3.16. The Morgan fingerprint density at radius 3 is 2.25 bits per heavy atom. The molecule has 132 valence electrons. The van der Waals surface area contributed by atoms with Gasteiger partial charge in [0.05, 0.1) is 5.41 Å². The fraction of sp³-hybridized carbons (Fsp3) is 0.600. The number of nitrogens with one attached hydrogen (secondary N) is 2. The Hall–Kier alpha value is -1.84. The summed E-state index contributed by atoms with van der Waals surface area (Å²) in [5, 5.41) is 6.01. The molecule has 4 nitrogen and oxygen atoms in total. The van der Waals surface area contributed by atoms with E-state index in [9.17, 15) is 9.59 Å². The van der Waals surface area contributed by atoms with Crippen LogP contribution >= 0.6 is 0 Å². The minimum Gasteiger partial charge on any atom is -0.355 e. The van der Waals surface area contributed by atoms with Crippen molar-refractivity contribution in [1.82, 2.24) is 5.32 Å². The number of hydrogen-bond donors (Lipinski definition) is 2. The molecule has 2 N–H and O–H groups in total. The van der Waals surface area contributed by atoms with Crippen LogP contribution in [0.25, 0.3) is 0 Å². The van der Waals surface area contributed by atoms with E-state index in [1.807, 2.05) is 24.3 Å². The van der Waals surface area contributed by atoms with Gasteiger partial charge in [0.15, 0.2) is 0 Å². The molecule has 4 heteroatoms. The third-order valence-corrected chi connectivity index (χ3v) is 4.94. The molecular formula is C20H30N2O2. The zero-order valence-corrected chi connectivity index (χ0v) is 15.0. The van der Waals surface area contributed by atoms with Crippen LogP contribution in [0.3, 0.4) is 0 Å². The van der Waals surface area contributed by atoms with Crippen LogP contribution in [0.2, 0.25) is 0 Å². The number of unbranched alkanes of at least 4 members (excludes halogenated alkanes) is 2. The molecule has 2 rings (SSSR count). The van der Waals surface area contributed by atoms with Gasteiger partial charge in [-0.05, 0) is 43.4 Å². The van der Waals surface area contributed by atoms with Crippen LogP contribution in [0.1, 0.15) is 70.8 Å². The SMILES string of the molecule is CCCCNC(=O)C1(c2ccc(NC(=O)CCCC)cc2)CCC1. The molecule has 1 fully saturated rings. The first-order chi connectivity index (χ1) is 11.6. The topological polar surface area (TPSA) is 58.2 Å². The number of carbonyl (C=O) groups is 2. The normalized spacial score (nSPS) is 15.4. The average Bonchev–Trinajstić information content (AvgIpc) is 2.54. The number of anilines is 1. The lowest BCUT2D eigenvalue weighted by Crippen LogP contribution is -2.49. The van der Waals surface area contributed by atoms with Gasteiger partial charge in [-0.2, -0.15) is 0 Å². The molecule has 0 spiro atoms. The Kier molecular flexibility index (Phi) is 6.83. The number of carbonyl (C=O) groups excluding carboxylic acids is 2. The molecule has 1 aromatic rings. The molecule has 0 unspecified atom stereocenters. The summed E-state index contributed by atoms with van der Waals surface area (Å²) in [6.07, 6.45) is 7.50. The summed E-state index contributed by atoms with van der Waals surface area (Å²) >= 11 is 0. The van der Waals surface area contributed by atoms with Crippen molar-refractivity contribution >= 4 is 17.5 Å². The summed E-state index contributed by atoms with van der Waals surface area (Å²) < 4.78 is 0. The van der Waals surface area contributed by atoms with E-state index in [0.29, 0.717) is 6.42 Å². The first-order valence-electron chi connectivity index (χ1n) is 9.31. The molecule has 0 saturated heterocycles. The second-order valence-corrected chi connectivity index (χ2v) is 6.77. The molecule has 1 aliphatic carbocycles. The van der Waals surface area contributed by atoms with Gasteiger partial charge in [0.2, 0.25) is 11.8 Å². The molecule has 1 aromatic carbocycles. The molecule has 0 bridgehead atoms. The van der Waals surface area contributed by atoms with Crippen molar-refractivity contribution in [2.45, 2.75) is 70.6 Å². The lowest BCUT2D eigenvalue weighted by Gasteiger charge is -2.40. The van der Waals surface area contributed by atoms with Crippen molar-refractivity contribution in [1.29, 1.82) is 0 Å². The predicted octanol–water partition coefficient (Wildman–Crippen LogP) is 4.15. The highest BCUT2D eigenvalue weighted by Gasteiger charge is 2.45. The lowest BCUT2D eigenvalue weighted by atomic mass is 9.63. The quantitative estimate of drug-likeness (QED) is 0.668. The third kappa shape index (κ3) is 4.37. The number of benzene rings is 1. The van der Waals surface area contributed by atoms with Crippen molar-refractivity contribution in [3.63, 3.8) is 0 Å². The minimum absolute atomic E-state index is 0.0558. The molecule has 0 heterocycles. The first-order valence-corrected chi connectivity index (χ1v) is 9.31. The standard InChI is InChI=1S/C20H30N2O2/c1-3-5-8-18(23)22-17-11-9-16(10-12-17)20(13-7-14-20)19(24)21-15-6-4-2/h9-12H,3-8,13-15H2,1-2H3,(H,21,24)(H,22,23). The van der Waals surface area contributed by atoms with Crippen molar-refractivity contribution in [3.8, 4) is 0 Å². The maximum absolute atomic E-state index is 12.6. The van der Waals surface area contributed by atoms with Gasteiger partial charge in [0.25, 0.3) is 0 Å². The van der Waals surface area contributed by atoms with E-state index in [4.69, 9.17) is 0 Å². The van der Waals surface area contributed by atoms with Crippen LogP contribution < -0.4 is 10.6 Å². The summed E-state index contributed by atoms with van der Waals surface area (Å²) in [7, 11) is 0. The van der Waals surface area contributed by atoms with Gasteiger partial charge in [-0.25, -0.2) is 0 Å². The fourth-order valence-electron chi connectivity index (χ4n) is 3.16. The van der Waals surface area contributed by atoms with Crippen LogP contribution in [-0.4, -0.2) is 18.4 Å². The Balaban J connectivity index is 1.99. The smallest absolute Gasteiger partial charge is 0.230 e. The summed E-state index contributed by atoms with van der Waals surface area (Å²) in [5.74, 6) is 0.210. The summed E-state index contributed by atoms with van der Waals surface area (Å²) in [5.41, 5.74) is 1.51. The molecule has 0 radical (unpaired) electrons. The van der Waals surface area contributed by atoms with E-state index in [-0.39, 0.29) is 17.2 Å². The van der Waals surface area contributed by atoms with Gasteiger partial charge in [0.1, 0.15) is 0 Å². The van der Waals surface area contributed by atoms with Gasteiger partial charge in [0, 0.05) is 18.7 Å². The van der Waals surface area contributed by atoms with Crippen LogP contribution in [-0.2, 0) is 15.0 Å². The molecule has 0 aliphatic heterocycles. The van der Waals surface area contributed by atoms with Crippen molar-refractivity contribution in [2.24, 2.45) is 0 Å². The molecule has 1 saturated carbocycles. The number of hydrogen-bond acceptors (Lipinski definition) is 2. The highest BCUT2D eigenvalue weighted by molar-refractivity contribution is 5.91. The molecule has 0 atom stereocenters. The highest BCUT2D eigenvalue weighted by Crippen LogP contribution is 2.44. The van der Waals surface area contributed by atoms with Crippen LogP contribution in [0.15, 0.2) is 24.3 Å². The maximum Gasteiger partial charge on any atom is 0.230 e. The predicted molar refractivity (Wildman–Crippen MR) is 98.0 cm³/mol. The van der Waals surface area contributed by atoms with Gasteiger partial charge >= 0.3 is 0 Å². The van der Waals surface area contributed by atoms with E-state index in [1.165, 1.54) is 0 Å². The maximum atomic E-state index is 12.6. The van der Waals surface area contributed by atoms with Gasteiger partial charge in [-0.1, -0.05) is 45.2 Å². The second-order valence-electron chi connectivity index (χ2n) is 6.77. The van der Waals surface area contributed by atoms with Gasteiger partial charge in [-0.15, -0.1) is 0 Å². The molecule has 1 aliphatic rings. The molecule has 0 aromatic heterocycles. The van der Waals surface area contributed by atoms with E-state index in [1.54, 1.807) is 0 Å². The molecular weight excluding hydrogens is 300 g/mol. The molecule has 24 heavy (non-hydrogen) atoms. The number of amides is 2. The summed E-state index contributed by atoms with van der Waals surface area (Å²) in [4.78, 5) is 24.4.